The molecule has 2 amide bonds. The lowest BCUT2D eigenvalue weighted by Crippen LogP contribution is -2.49. The molecule has 1 aliphatic carbocycles. The van der Waals surface area contributed by atoms with Gasteiger partial charge in [0.05, 0.1) is 5.41 Å². The molecule has 0 spiro atoms. The highest BCUT2D eigenvalue weighted by molar-refractivity contribution is 6.02. The Kier molecular flexibility index (Phi) is 4.27. The van der Waals surface area contributed by atoms with E-state index in [9.17, 15) is 9.59 Å². The second kappa shape index (κ2) is 6.98. The van der Waals surface area contributed by atoms with Crippen LogP contribution in [0.4, 0.5) is 5.82 Å². The number of pyridine rings is 1. The van der Waals surface area contributed by atoms with Crippen molar-refractivity contribution in [1.82, 2.24) is 15.5 Å². The maximum absolute atomic E-state index is 12.8. The standard InChI is InChI=1S/C22H20N4O4/c1-26-19-17(8-5-11-23-19)29-13-16(21(26)28)24-20(27)15-12-18(30-25-15)22(9-10-22)14-6-3-2-4-7-14/h2-8,11-12,16H,9-10,13H2,1H3,(H,24,27)/t16-/m0/s1. The lowest BCUT2D eigenvalue weighted by atomic mass is 9.93. The molecule has 1 atom stereocenters. The Bertz CT molecular complexity index is 1110. The van der Waals surface area contributed by atoms with E-state index in [0.29, 0.717) is 17.3 Å². The summed E-state index contributed by atoms with van der Waals surface area (Å²) in [5.74, 6) is 0.778. The highest BCUT2D eigenvalue weighted by Gasteiger charge is 2.49. The van der Waals surface area contributed by atoms with Crippen molar-refractivity contribution in [2.24, 2.45) is 0 Å². The molecule has 0 radical (unpaired) electrons. The number of anilines is 1. The van der Waals surface area contributed by atoms with E-state index in [4.69, 9.17) is 9.26 Å². The second-order valence-corrected chi connectivity index (χ2v) is 7.58. The Morgan fingerprint density at radius 2 is 2.00 bits per heavy atom. The summed E-state index contributed by atoms with van der Waals surface area (Å²) >= 11 is 0. The molecule has 8 nitrogen and oxygen atoms in total. The minimum atomic E-state index is -0.860. The summed E-state index contributed by atoms with van der Waals surface area (Å²) in [5.41, 5.74) is 1.07. The van der Waals surface area contributed by atoms with Crippen molar-refractivity contribution in [3.8, 4) is 5.75 Å². The Balaban J connectivity index is 1.33. The molecule has 8 heteroatoms. The Morgan fingerprint density at radius 1 is 1.20 bits per heavy atom. The molecule has 3 heterocycles. The van der Waals surface area contributed by atoms with E-state index in [1.807, 2.05) is 18.2 Å². The number of nitrogens with zero attached hydrogens (tertiary/aromatic N) is 3. The number of aromatic nitrogens is 2. The number of rotatable bonds is 4. The molecule has 1 aromatic carbocycles. The molecule has 2 aliphatic rings. The maximum atomic E-state index is 12.8. The van der Waals surface area contributed by atoms with Crippen molar-refractivity contribution in [3.63, 3.8) is 0 Å². The van der Waals surface area contributed by atoms with Gasteiger partial charge in [0.25, 0.3) is 11.8 Å². The number of nitrogens with one attached hydrogen (secondary N) is 1. The van der Waals surface area contributed by atoms with E-state index in [1.165, 1.54) is 4.90 Å². The number of amides is 2. The van der Waals surface area contributed by atoms with Crippen LogP contribution in [0.1, 0.15) is 34.7 Å². The summed E-state index contributed by atoms with van der Waals surface area (Å²) in [7, 11) is 1.60. The molecule has 152 valence electrons. The van der Waals surface area contributed by atoms with Crippen LogP contribution in [0, 0.1) is 0 Å². The third-order valence-electron chi connectivity index (χ3n) is 5.70. The van der Waals surface area contributed by atoms with E-state index >= 15 is 0 Å². The molecule has 0 saturated heterocycles. The molecular weight excluding hydrogens is 384 g/mol. The number of hydrogen-bond acceptors (Lipinski definition) is 6. The zero-order chi connectivity index (χ0) is 20.7. The first-order valence-corrected chi connectivity index (χ1v) is 9.77. The average Bonchev–Trinajstić information content (AvgIpc) is 3.47. The first kappa shape index (κ1) is 18.4. The third kappa shape index (κ3) is 3.01. The summed E-state index contributed by atoms with van der Waals surface area (Å²) < 4.78 is 11.2. The Morgan fingerprint density at radius 3 is 2.77 bits per heavy atom. The summed E-state index contributed by atoms with van der Waals surface area (Å²) in [4.78, 5) is 31.1. The number of ether oxygens (including phenoxy) is 1. The SMILES string of the molecule is CN1C(=O)[C@@H](NC(=O)c2cc(C3(c4ccccc4)CC3)on2)COc2cccnc21. The monoisotopic (exact) mass is 404 g/mol. The molecule has 1 N–H and O–H groups in total. The number of hydrogen-bond donors (Lipinski definition) is 1. The number of likely N-dealkylation sites (N-methyl/N-ethyl adjacent to an activating group) is 1. The van der Waals surface area contributed by atoms with Crippen LogP contribution in [0.5, 0.6) is 5.75 Å². The van der Waals surface area contributed by atoms with Crippen LogP contribution in [0.15, 0.2) is 59.3 Å². The van der Waals surface area contributed by atoms with Crippen molar-refractivity contribution in [1.29, 1.82) is 0 Å². The van der Waals surface area contributed by atoms with E-state index in [0.717, 1.165) is 18.4 Å². The van der Waals surface area contributed by atoms with Crippen molar-refractivity contribution >= 4 is 17.6 Å². The molecule has 5 rings (SSSR count). The van der Waals surface area contributed by atoms with Crippen molar-refractivity contribution in [2.45, 2.75) is 24.3 Å². The lowest BCUT2D eigenvalue weighted by Gasteiger charge is -2.19. The van der Waals surface area contributed by atoms with Gasteiger partial charge in [0, 0.05) is 19.3 Å². The predicted octanol–water partition coefficient (Wildman–Crippen LogP) is 2.30. The van der Waals surface area contributed by atoms with Gasteiger partial charge < -0.3 is 14.6 Å². The Labute approximate surface area is 172 Å². The molecule has 0 unspecified atom stereocenters. The summed E-state index contributed by atoms with van der Waals surface area (Å²) in [6, 6.07) is 14.3. The lowest BCUT2D eigenvalue weighted by molar-refractivity contribution is -0.120. The van der Waals surface area contributed by atoms with Crippen LogP contribution >= 0.6 is 0 Å². The molecule has 0 bridgehead atoms. The largest absolute Gasteiger partial charge is 0.487 e. The minimum Gasteiger partial charge on any atom is -0.487 e. The van der Waals surface area contributed by atoms with Crippen LogP contribution in [0.25, 0.3) is 0 Å². The van der Waals surface area contributed by atoms with Crippen LogP contribution in [0.3, 0.4) is 0 Å². The zero-order valence-corrected chi connectivity index (χ0v) is 16.4. The van der Waals surface area contributed by atoms with Gasteiger partial charge in [0.2, 0.25) is 0 Å². The summed E-state index contributed by atoms with van der Waals surface area (Å²) in [6.07, 6.45) is 3.47. The highest BCUT2D eigenvalue weighted by atomic mass is 16.5. The number of carbonyl (C=O) groups excluding carboxylic acids is 2. The molecule has 2 aromatic heterocycles. The highest BCUT2D eigenvalue weighted by Crippen LogP contribution is 2.53. The van der Waals surface area contributed by atoms with Gasteiger partial charge >= 0.3 is 0 Å². The van der Waals surface area contributed by atoms with Crippen LogP contribution in [-0.2, 0) is 10.2 Å². The second-order valence-electron chi connectivity index (χ2n) is 7.58. The van der Waals surface area contributed by atoms with Gasteiger partial charge in [-0.2, -0.15) is 0 Å². The molecule has 1 saturated carbocycles. The molecule has 1 fully saturated rings. The van der Waals surface area contributed by atoms with Crippen molar-refractivity contribution < 1.29 is 18.8 Å². The first-order valence-electron chi connectivity index (χ1n) is 9.77. The van der Waals surface area contributed by atoms with Gasteiger partial charge in [-0.1, -0.05) is 35.5 Å². The molecule has 3 aromatic rings. The van der Waals surface area contributed by atoms with Crippen molar-refractivity contribution in [2.75, 3.05) is 18.6 Å². The van der Waals surface area contributed by atoms with Crippen molar-refractivity contribution in [3.05, 3.63) is 71.7 Å². The fraction of sp³-hybridized carbons (Fsp3) is 0.273. The normalized spacial score (nSPS) is 19.4. The topological polar surface area (TPSA) is 97.6 Å². The minimum absolute atomic E-state index is 0.00622. The van der Waals surface area contributed by atoms with E-state index in [-0.39, 0.29) is 23.6 Å². The van der Waals surface area contributed by atoms with Gasteiger partial charge in [0.15, 0.2) is 17.3 Å². The van der Waals surface area contributed by atoms with Gasteiger partial charge in [-0.3, -0.25) is 14.5 Å². The van der Waals surface area contributed by atoms with Crippen LogP contribution in [0.2, 0.25) is 0 Å². The fourth-order valence-corrected chi connectivity index (χ4v) is 3.83. The van der Waals surface area contributed by atoms with E-state index < -0.39 is 11.9 Å². The smallest absolute Gasteiger partial charge is 0.274 e. The summed E-state index contributed by atoms with van der Waals surface area (Å²) in [6.45, 7) is 0.00622. The predicted molar refractivity (Wildman–Crippen MR) is 107 cm³/mol. The van der Waals surface area contributed by atoms with Gasteiger partial charge in [-0.15, -0.1) is 0 Å². The summed E-state index contributed by atoms with van der Waals surface area (Å²) in [5, 5.41) is 6.66. The fourth-order valence-electron chi connectivity index (χ4n) is 3.83. The van der Waals surface area contributed by atoms with Gasteiger partial charge in [0.1, 0.15) is 18.4 Å². The van der Waals surface area contributed by atoms with E-state index in [2.05, 4.69) is 27.6 Å². The quantitative estimate of drug-likeness (QED) is 0.717. The maximum Gasteiger partial charge on any atom is 0.274 e. The molecule has 1 aliphatic heterocycles. The van der Waals surface area contributed by atoms with Crippen LogP contribution in [-0.4, -0.2) is 41.7 Å². The molecular formula is C22H20N4O4. The first-order chi connectivity index (χ1) is 14.6. The zero-order valence-electron chi connectivity index (χ0n) is 16.4. The van der Waals surface area contributed by atoms with Gasteiger partial charge in [-0.05, 0) is 30.5 Å². The van der Waals surface area contributed by atoms with Crippen LogP contribution < -0.4 is 15.0 Å². The van der Waals surface area contributed by atoms with E-state index in [1.54, 1.807) is 31.4 Å². The number of fused-ring (bicyclic) bond motifs is 1. The Hall–Kier alpha value is -3.68. The average molecular weight is 404 g/mol. The number of carbonyl (C=O) groups is 2. The third-order valence-corrected chi connectivity index (χ3v) is 5.70. The van der Waals surface area contributed by atoms with Gasteiger partial charge in [-0.25, -0.2) is 4.98 Å². The molecule has 30 heavy (non-hydrogen) atoms. The number of benzene rings is 1.